The van der Waals surface area contributed by atoms with Gasteiger partial charge in [0, 0.05) is 32.9 Å². The number of carbonyl (C=O) groups excluding carboxylic acids is 2. The van der Waals surface area contributed by atoms with Gasteiger partial charge in [-0.05, 0) is 31.2 Å². The van der Waals surface area contributed by atoms with E-state index >= 15 is 0 Å². The van der Waals surface area contributed by atoms with E-state index < -0.39 is 12.1 Å². The van der Waals surface area contributed by atoms with Gasteiger partial charge in [-0.3, -0.25) is 19.2 Å². The van der Waals surface area contributed by atoms with Crippen molar-refractivity contribution in [3.63, 3.8) is 0 Å². The number of benzene rings is 1. The highest BCUT2D eigenvalue weighted by Gasteiger charge is 2.48. The molecule has 1 atom stereocenters. The maximum atomic E-state index is 13.4. The highest BCUT2D eigenvalue weighted by atomic mass is 19.4. The number of anilines is 1. The monoisotopic (exact) mass is 499 g/mol. The topological polar surface area (TPSA) is 99.0 Å². The number of likely N-dealkylation sites (tertiary alicyclic amines) is 1. The molecule has 1 aromatic heterocycles. The van der Waals surface area contributed by atoms with Crippen molar-refractivity contribution >= 4 is 23.5 Å². The molecule has 2 aromatic rings. The van der Waals surface area contributed by atoms with Gasteiger partial charge in [-0.2, -0.15) is 18.3 Å². The Kier molecular flexibility index (Phi) is 7.48. The van der Waals surface area contributed by atoms with Crippen LogP contribution in [0.2, 0.25) is 0 Å². The summed E-state index contributed by atoms with van der Waals surface area (Å²) in [6, 6.07) is 6.16. The normalized spacial score (nSPS) is 20.7. The van der Waals surface area contributed by atoms with E-state index in [-0.39, 0.29) is 29.6 Å². The zero-order valence-electron chi connectivity index (χ0n) is 19.1. The van der Waals surface area contributed by atoms with Crippen LogP contribution < -0.4 is 4.90 Å². The number of carbonyl (C=O) groups is 3. The number of nitrogens with zero attached hydrogens (tertiary/aromatic N) is 5. The van der Waals surface area contributed by atoms with Crippen LogP contribution >= 0.6 is 0 Å². The largest absolute Gasteiger partial charge is 0.490 e. The van der Waals surface area contributed by atoms with E-state index in [9.17, 15) is 27.2 Å². The average Bonchev–Trinajstić information content (AvgIpc) is 3.38. The number of hydrogen-bond acceptors (Lipinski definition) is 5. The molecule has 0 radical (unpaired) electrons. The van der Waals surface area contributed by atoms with Crippen LogP contribution in [0.1, 0.15) is 12.0 Å². The van der Waals surface area contributed by atoms with Crippen LogP contribution in [0.3, 0.4) is 0 Å². The van der Waals surface area contributed by atoms with E-state index in [2.05, 4.69) is 10.00 Å². The van der Waals surface area contributed by atoms with Gasteiger partial charge >= 0.3 is 12.1 Å². The Balaban J connectivity index is 0.000000429. The second-order valence-electron chi connectivity index (χ2n) is 8.61. The zero-order chi connectivity index (χ0) is 26.0. The maximum Gasteiger partial charge on any atom is 0.490 e. The van der Waals surface area contributed by atoms with Gasteiger partial charge < -0.3 is 14.9 Å². The van der Waals surface area contributed by atoms with Crippen molar-refractivity contribution in [3.8, 4) is 0 Å². The number of hydrogen-bond donors (Lipinski definition) is 1. The van der Waals surface area contributed by atoms with Crippen LogP contribution in [0.4, 0.5) is 23.2 Å². The molecular formula is C22H25F4N5O4. The number of alkyl halides is 3. The summed E-state index contributed by atoms with van der Waals surface area (Å²) in [5.74, 6) is -3.07. The lowest BCUT2D eigenvalue weighted by Gasteiger charge is -2.46. The molecule has 2 aliphatic rings. The van der Waals surface area contributed by atoms with Crippen molar-refractivity contribution < 1.29 is 37.1 Å². The molecule has 2 saturated heterocycles. The Labute approximate surface area is 198 Å². The second-order valence-corrected chi connectivity index (χ2v) is 8.61. The second kappa shape index (κ2) is 10.0. The Morgan fingerprint density at radius 1 is 1.20 bits per heavy atom. The number of likely N-dealkylation sites (N-methyl/N-ethyl adjacent to an activating group) is 1. The van der Waals surface area contributed by atoms with Gasteiger partial charge in [0.25, 0.3) is 0 Å². The standard InChI is InChI=1S/C20H24FN5O2.C2HF3O2/c1-23-12-19(28)26(17-10-22-24(2)11-17)14-20(23)6-7-25(13-20)18(27)9-15-4-3-5-16(21)8-15;3-2(4,5)1(6)7/h3-5,8,10-11H,6-7,9,12-14H2,1-2H3;(H,6,7). The molecule has 0 saturated carbocycles. The van der Waals surface area contributed by atoms with Crippen LogP contribution in [-0.2, 0) is 27.9 Å². The van der Waals surface area contributed by atoms with E-state index in [1.54, 1.807) is 27.9 Å². The van der Waals surface area contributed by atoms with E-state index in [4.69, 9.17) is 9.90 Å². The smallest absolute Gasteiger partial charge is 0.475 e. The average molecular weight is 499 g/mol. The van der Waals surface area contributed by atoms with E-state index in [1.165, 1.54) is 12.1 Å². The molecule has 35 heavy (non-hydrogen) atoms. The first-order chi connectivity index (χ1) is 16.3. The molecule has 0 bridgehead atoms. The van der Waals surface area contributed by atoms with Crippen LogP contribution in [0.25, 0.3) is 0 Å². The van der Waals surface area contributed by atoms with Gasteiger partial charge in [-0.1, -0.05) is 12.1 Å². The van der Waals surface area contributed by atoms with Gasteiger partial charge in [0.1, 0.15) is 5.82 Å². The van der Waals surface area contributed by atoms with Gasteiger partial charge in [0.05, 0.1) is 30.4 Å². The fourth-order valence-corrected chi connectivity index (χ4v) is 4.19. The Bertz CT molecular complexity index is 1110. The van der Waals surface area contributed by atoms with Crippen LogP contribution in [0.5, 0.6) is 0 Å². The first kappa shape index (κ1) is 26.1. The van der Waals surface area contributed by atoms with Crippen molar-refractivity contribution in [2.24, 2.45) is 7.05 Å². The summed E-state index contributed by atoms with van der Waals surface area (Å²) in [4.78, 5) is 39.9. The lowest BCUT2D eigenvalue weighted by molar-refractivity contribution is -0.192. The molecule has 190 valence electrons. The molecule has 3 heterocycles. The molecule has 4 rings (SSSR count). The Morgan fingerprint density at radius 3 is 2.46 bits per heavy atom. The van der Waals surface area contributed by atoms with Crippen molar-refractivity contribution in [2.45, 2.75) is 24.6 Å². The number of piperazine rings is 1. The molecule has 2 amide bonds. The Hall–Kier alpha value is -3.48. The van der Waals surface area contributed by atoms with Gasteiger partial charge in [0.15, 0.2) is 0 Å². The van der Waals surface area contributed by atoms with Crippen molar-refractivity contribution in [3.05, 3.63) is 48.0 Å². The maximum absolute atomic E-state index is 13.4. The number of aromatic nitrogens is 2. The van der Waals surface area contributed by atoms with Crippen molar-refractivity contribution in [1.29, 1.82) is 0 Å². The molecule has 1 spiro atoms. The predicted molar refractivity (Wildman–Crippen MR) is 116 cm³/mol. The summed E-state index contributed by atoms with van der Waals surface area (Å²) in [6.45, 7) is 2.02. The Morgan fingerprint density at radius 2 is 1.89 bits per heavy atom. The third-order valence-corrected chi connectivity index (χ3v) is 6.11. The summed E-state index contributed by atoms with van der Waals surface area (Å²) in [5, 5.41) is 11.3. The number of aliphatic carboxylic acids is 1. The van der Waals surface area contributed by atoms with Gasteiger partial charge in [-0.15, -0.1) is 0 Å². The molecule has 2 aliphatic heterocycles. The minimum absolute atomic E-state index is 0.0132. The molecule has 13 heteroatoms. The van der Waals surface area contributed by atoms with Gasteiger partial charge in [-0.25, -0.2) is 9.18 Å². The van der Waals surface area contributed by atoms with Crippen molar-refractivity contribution in [2.75, 3.05) is 38.1 Å². The van der Waals surface area contributed by atoms with Crippen molar-refractivity contribution in [1.82, 2.24) is 19.6 Å². The fraction of sp³-hybridized carbons (Fsp3) is 0.455. The molecule has 2 fully saturated rings. The van der Waals surface area contributed by atoms with E-state index in [0.29, 0.717) is 31.7 Å². The molecule has 1 unspecified atom stereocenters. The third-order valence-electron chi connectivity index (χ3n) is 6.11. The molecule has 1 aromatic carbocycles. The fourth-order valence-electron chi connectivity index (χ4n) is 4.19. The number of amides is 2. The molecule has 0 aliphatic carbocycles. The van der Waals surface area contributed by atoms with Crippen LogP contribution in [0.15, 0.2) is 36.7 Å². The highest BCUT2D eigenvalue weighted by Crippen LogP contribution is 2.33. The minimum atomic E-state index is -5.08. The zero-order valence-corrected chi connectivity index (χ0v) is 19.1. The molecule has 9 nitrogen and oxygen atoms in total. The number of halogens is 4. The quantitative estimate of drug-likeness (QED) is 0.646. The first-order valence-electron chi connectivity index (χ1n) is 10.6. The number of rotatable bonds is 3. The third kappa shape index (κ3) is 6.15. The van der Waals surface area contributed by atoms with Crippen LogP contribution in [0, 0.1) is 5.82 Å². The summed E-state index contributed by atoms with van der Waals surface area (Å²) in [6.07, 6.45) is -0.581. The first-order valence-corrected chi connectivity index (χ1v) is 10.6. The summed E-state index contributed by atoms with van der Waals surface area (Å²) in [5.41, 5.74) is 1.18. The van der Waals surface area contributed by atoms with E-state index in [0.717, 1.165) is 12.1 Å². The molecular weight excluding hydrogens is 474 g/mol. The molecule has 1 N–H and O–H groups in total. The number of aryl methyl sites for hydroxylation is 1. The lowest BCUT2D eigenvalue weighted by Crippen LogP contribution is -2.64. The lowest BCUT2D eigenvalue weighted by atomic mass is 9.93. The SMILES string of the molecule is CN1CC(=O)N(c2cnn(C)c2)CC12CCN(C(=O)Cc1cccc(F)c1)C2.O=C(O)C(F)(F)F. The predicted octanol–water partition coefficient (Wildman–Crippen LogP) is 1.68. The summed E-state index contributed by atoms with van der Waals surface area (Å²) in [7, 11) is 3.77. The summed E-state index contributed by atoms with van der Waals surface area (Å²) >= 11 is 0. The minimum Gasteiger partial charge on any atom is -0.475 e. The van der Waals surface area contributed by atoms with Crippen LogP contribution in [-0.4, -0.2) is 87.4 Å². The highest BCUT2D eigenvalue weighted by molar-refractivity contribution is 5.95. The summed E-state index contributed by atoms with van der Waals surface area (Å²) < 4.78 is 46.8. The van der Waals surface area contributed by atoms with Gasteiger partial charge in [0.2, 0.25) is 11.8 Å². The number of carboxylic acids is 1. The van der Waals surface area contributed by atoms with E-state index in [1.807, 2.05) is 25.2 Å². The number of carboxylic acid groups (broad SMARTS) is 1.